The molecule has 4 atom stereocenters. The van der Waals surface area contributed by atoms with Crippen LogP contribution in [-0.2, 0) is 67.0 Å². The van der Waals surface area contributed by atoms with Crippen molar-refractivity contribution in [2.75, 3.05) is 90.2 Å². The third kappa shape index (κ3) is 16.6. The molecule has 0 N–H and O–H groups in total. The smallest absolute Gasteiger partial charge is 0.459 e. The molecule has 0 saturated carbocycles. The van der Waals surface area contributed by atoms with E-state index >= 15 is 23.2 Å². The van der Waals surface area contributed by atoms with Crippen molar-refractivity contribution in [3.05, 3.63) is 21.8 Å². The SMILES string of the molecule is CC(C)(C)OC(=O)CN(C(=O)CCC(=O)N1CCN(S(=O)(=O)C(F)(F)C(F)(F)C(F)(F)C(F)(F)C(F)(F)C(F)(F)C(F)(F)C(F)(F)F)CC1)c1c(I)c(C(=O)N(CC2COC(C)(C)O2)CC2COC(C)(C)O2)c(I)c(C(=O)N(CC2COC(C)(C)O2)CC2COC(C)(C)O2)c1I. The van der Waals surface area contributed by atoms with Gasteiger partial charge in [0, 0.05) is 68.8 Å². The molecule has 4 amide bonds. The lowest BCUT2D eigenvalue weighted by atomic mass is 9.91. The van der Waals surface area contributed by atoms with Crippen LogP contribution in [0.15, 0.2) is 0 Å². The molecule has 42 heteroatoms. The maximum Gasteiger partial charge on any atom is 0.460 e. The van der Waals surface area contributed by atoms with Crippen LogP contribution in [0.4, 0.5) is 80.3 Å². The highest BCUT2D eigenvalue weighted by molar-refractivity contribution is 14.1. The second-order valence-electron chi connectivity index (χ2n) is 25.6. The number of esters is 1. The first-order valence-corrected chi connectivity index (χ1v) is 33.4. The molecule has 96 heavy (non-hydrogen) atoms. The van der Waals surface area contributed by atoms with Crippen molar-refractivity contribution in [2.24, 2.45) is 0 Å². The Labute approximate surface area is 579 Å². The Morgan fingerprint density at radius 2 is 0.823 bits per heavy atom. The number of carbonyl (C=O) groups is 5. The second kappa shape index (κ2) is 28.1. The molecule has 1 aromatic carbocycles. The lowest BCUT2D eigenvalue weighted by Gasteiger charge is -2.43. The van der Waals surface area contributed by atoms with E-state index in [1.54, 1.807) is 123 Å². The van der Waals surface area contributed by atoms with Crippen LogP contribution in [0.3, 0.4) is 0 Å². The number of amides is 4. The number of ether oxygens (including phenoxy) is 9. The van der Waals surface area contributed by atoms with E-state index in [1.807, 2.05) is 0 Å². The Morgan fingerprint density at radius 1 is 0.500 bits per heavy atom. The van der Waals surface area contributed by atoms with Gasteiger partial charge in [-0.05, 0) is 144 Å². The van der Waals surface area contributed by atoms with Gasteiger partial charge >= 0.3 is 52.9 Å². The number of anilines is 1. The molecular formula is C54H67F17I3N5O16S. The summed E-state index contributed by atoms with van der Waals surface area (Å²) in [5.41, 5.74) is -2.07. The molecule has 5 heterocycles. The van der Waals surface area contributed by atoms with Crippen LogP contribution in [0.2, 0.25) is 0 Å². The molecule has 0 aliphatic carbocycles. The molecule has 21 nitrogen and oxygen atoms in total. The van der Waals surface area contributed by atoms with Crippen LogP contribution in [0, 0.1) is 10.7 Å². The van der Waals surface area contributed by atoms with Gasteiger partial charge in [0.15, 0.2) is 23.1 Å². The Kier molecular flexibility index (Phi) is 24.0. The molecule has 4 unspecified atom stereocenters. The number of carbonyl (C=O) groups excluding carboxylic acids is 5. The number of sulfonamides is 1. The summed E-state index contributed by atoms with van der Waals surface area (Å²) in [5, 5.41) is -7.84. The average molecular weight is 1780 g/mol. The van der Waals surface area contributed by atoms with E-state index in [-0.39, 0.29) is 80.1 Å². The zero-order valence-corrected chi connectivity index (χ0v) is 59.9. The topological polar surface area (TPSA) is 219 Å². The number of hydrogen-bond donors (Lipinski definition) is 0. The first-order chi connectivity index (χ1) is 43.1. The van der Waals surface area contributed by atoms with E-state index < -0.39 is 190 Å². The van der Waals surface area contributed by atoms with Gasteiger partial charge in [-0.2, -0.15) is 78.9 Å². The number of alkyl halides is 17. The fraction of sp³-hybridized carbons (Fsp3) is 0.796. The van der Waals surface area contributed by atoms with Gasteiger partial charge in [0.2, 0.25) is 11.8 Å². The van der Waals surface area contributed by atoms with Crippen LogP contribution < -0.4 is 4.90 Å². The maximum absolute atomic E-state index is 15.8. The van der Waals surface area contributed by atoms with Crippen molar-refractivity contribution < 1.29 is 150 Å². The van der Waals surface area contributed by atoms with Crippen molar-refractivity contribution in [1.29, 1.82) is 0 Å². The summed E-state index contributed by atoms with van der Waals surface area (Å²) in [7, 11) is -7.69. The van der Waals surface area contributed by atoms with Gasteiger partial charge in [-0.1, -0.05) is 0 Å². The molecular weight excluding hydrogens is 1710 g/mol. The maximum atomic E-state index is 15.8. The highest BCUT2D eigenvalue weighted by Gasteiger charge is 2.96. The van der Waals surface area contributed by atoms with Crippen molar-refractivity contribution >= 4 is 113 Å². The fourth-order valence-electron chi connectivity index (χ4n) is 10.4. The van der Waals surface area contributed by atoms with E-state index in [9.17, 15) is 83.9 Å². The Hall–Kier alpha value is -2.84. The monoisotopic (exact) mass is 1780 g/mol. The molecule has 0 bridgehead atoms. The van der Waals surface area contributed by atoms with Gasteiger partial charge < -0.3 is 57.3 Å². The largest absolute Gasteiger partial charge is 0.460 e. The summed E-state index contributed by atoms with van der Waals surface area (Å²) in [5.74, 6) is -62.4. The zero-order chi connectivity index (χ0) is 73.5. The number of benzene rings is 1. The molecule has 5 aliphatic heterocycles. The molecule has 550 valence electrons. The minimum atomic E-state index is -9.04. The molecule has 0 radical (unpaired) electrons. The van der Waals surface area contributed by atoms with Gasteiger partial charge in [0.05, 0.1) is 50.4 Å². The lowest BCUT2D eigenvalue weighted by molar-refractivity contribution is -0.458. The standard InChI is InChI=1S/C54H67F17I3N5O16S/c1-42(2,3)95-33(82)22-79(32(81)13-12-31(80)75-14-16-78(17-15-75)96(85,86)54(70,71)52(65,66)50(61,62)48(57,58)47(55,56)49(59,60)51(63,64)53(67,68)69)39-37(73)34(40(83)76(18-27-23-87-43(4,5)91-27)19-28-24-88-44(6,7)92-28)36(72)35(38(39)74)41(84)77(20-29-25-89-45(8,9)93-29)21-30-26-90-46(10,11)94-30/h27-30H,12-26H2,1-11H3. The Balaban J connectivity index is 1.38. The van der Waals surface area contributed by atoms with Crippen molar-refractivity contribution in [3.8, 4) is 0 Å². The number of halogens is 20. The summed E-state index contributed by atoms with van der Waals surface area (Å²) in [6.45, 7) is 9.75. The molecule has 6 rings (SSSR count). The van der Waals surface area contributed by atoms with Crippen molar-refractivity contribution in [1.82, 2.24) is 19.0 Å². The molecule has 5 saturated heterocycles. The van der Waals surface area contributed by atoms with Crippen LogP contribution in [0.1, 0.15) is 110 Å². The molecule has 0 aromatic heterocycles. The summed E-state index contributed by atoms with van der Waals surface area (Å²) < 4.78 is 318. The highest BCUT2D eigenvalue weighted by atomic mass is 127. The predicted molar refractivity (Wildman–Crippen MR) is 321 cm³/mol. The minimum absolute atomic E-state index is 0.00989. The van der Waals surface area contributed by atoms with E-state index in [4.69, 9.17) is 42.6 Å². The quantitative estimate of drug-likeness (QED) is 0.0534. The Bertz CT molecular complexity index is 3070. The van der Waals surface area contributed by atoms with E-state index in [0.29, 0.717) is 4.90 Å². The zero-order valence-electron chi connectivity index (χ0n) is 52.7. The average Bonchev–Trinajstić information content (AvgIpc) is 0.766. The highest BCUT2D eigenvalue weighted by Crippen LogP contribution is 2.65. The van der Waals surface area contributed by atoms with E-state index in [0.717, 1.165) is 4.90 Å². The van der Waals surface area contributed by atoms with Crippen molar-refractivity contribution in [2.45, 2.75) is 189 Å². The van der Waals surface area contributed by atoms with Gasteiger partial charge in [-0.25, -0.2) is 8.42 Å². The van der Waals surface area contributed by atoms with Crippen LogP contribution in [-0.4, -0.2) is 242 Å². The first-order valence-electron chi connectivity index (χ1n) is 28.7. The van der Waals surface area contributed by atoms with Crippen molar-refractivity contribution in [3.63, 3.8) is 0 Å². The predicted octanol–water partition coefficient (Wildman–Crippen LogP) is 9.89. The van der Waals surface area contributed by atoms with Gasteiger partial charge in [-0.15, -0.1) is 0 Å². The van der Waals surface area contributed by atoms with E-state index in [1.165, 1.54) is 30.6 Å². The lowest BCUT2D eigenvalue weighted by Crippen LogP contribution is -2.75. The molecule has 1 aromatic rings. The minimum Gasteiger partial charge on any atom is -0.459 e. The molecule has 5 aliphatic rings. The van der Waals surface area contributed by atoms with E-state index in [2.05, 4.69) is 0 Å². The van der Waals surface area contributed by atoms with Crippen LogP contribution in [0.25, 0.3) is 0 Å². The third-order valence-corrected chi connectivity index (χ3v) is 20.2. The number of piperazine rings is 1. The number of hydrogen-bond acceptors (Lipinski definition) is 16. The fourth-order valence-corrected chi connectivity index (χ4v) is 16.5. The number of nitrogens with zero attached hydrogens (tertiary/aromatic N) is 5. The number of rotatable bonds is 24. The molecule has 0 spiro atoms. The van der Waals surface area contributed by atoms with Crippen LogP contribution in [0.5, 0.6) is 0 Å². The second-order valence-corrected chi connectivity index (χ2v) is 30.8. The molecule has 5 fully saturated rings. The van der Waals surface area contributed by atoms with Crippen LogP contribution >= 0.6 is 67.8 Å². The Morgan fingerprint density at radius 3 is 1.12 bits per heavy atom. The normalized spacial score (nSPS) is 23.1. The summed E-state index contributed by atoms with van der Waals surface area (Å²) in [4.78, 5) is 78.5. The van der Waals surface area contributed by atoms with Gasteiger partial charge in [-0.3, -0.25) is 28.9 Å². The third-order valence-electron chi connectivity index (χ3n) is 15.0. The van der Waals surface area contributed by atoms with Gasteiger partial charge in [0.1, 0.15) is 36.6 Å². The summed E-state index contributed by atoms with van der Waals surface area (Å²) in [6, 6.07) is 0. The van der Waals surface area contributed by atoms with Gasteiger partial charge in [0.25, 0.3) is 21.8 Å². The first kappa shape index (κ1) is 82.1. The summed E-state index contributed by atoms with van der Waals surface area (Å²) >= 11 is 5.22. The summed E-state index contributed by atoms with van der Waals surface area (Å²) in [6.07, 6.45) is -13.1.